The van der Waals surface area contributed by atoms with Gasteiger partial charge >= 0.3 is 0 Å². The quantitative estimate of drug-likeness (QED) is 0.581. The second kappa shape index (κ2) is 4.41. The second-order valence-electron chi connectivity index (χ2n) is 2.71. The van der Waals surface area contributed by atoms with Gasteiger partial charge in [-0.2, -0.15) is 0 Å². The maximum atomic E-state index is 9.66. The zero-order chi connectivity index (χ0) is 10.0. The summed E-state index contributed by atoms with van der Waals surface area (Å²) in [5.41, 5.74) is 3.33. The lowest BCUT2D eigenvalue weighted by Gasteiger charge is -2.13. The predicted octanol–water partition coefficient (Wildman–Crippen LogP) is 2.44. The van der Waals surface area contributed by atoms with E-state index in [4.69, 9.17) is 5.84 Å². The average Bonchev–Trinajstić information content (AvgIpc) is 2.10. The van der Waals surface area contributed by atoms with Gasteiger partial charge in [-0.1, -0.05) is 15.9 Å². The molecule has 0 saturated heterocycles. The molecule has 0 amide bonds. The van der Waals surface area contributed by atoms with Crippen LogP contribution in [0.1, 0.15) is 18.5 Å². The maximum Gasteiger partial charge on any atom is 0.134 e. The smallest absolute Gasteiger partial charge is 0.134 e. The molecule has 0 fully saturated rings. The molecule has 72 valence electrons. The second-order valence-corrected chi connectivity index (χ2v) is 4.48. The number of halogens is 2. The van der Waals surface area contributed by atoms with Gasteiger partial charge in [0.1, 0.15) is 5.75 Å². The molecule has 0 aliphatic carbocycles. The Kier molecular flexibility index (Phi) is 3.73. The van der Waals surface area contributed by atoms with E-state index < -0.39 is 0 Å². The Hall–Kier alpha value is -0.100. The summed E-state index contributed by atoms with van der Waals surface area (Å²) in [7, 11) is 0. The summed E-state index contributed by atoms with van der Waals surface area (Å²) in [5, 5.41) is 9.66. The standard InChI is InChI=1S/C8H10Br2N2O/c1-4(12-11)6-2-5(9)3-7(10)8(6)13/h2-4,12-13H,11H2,1H3/t4-/m0/s1. The van der Waals surface area contributed by atoms with Crippen molar-refractivity contribution in [3.63, 3.8) is 0 Å². The number of hydrogen-bond donors (Lipinski definition) is 3. The average molecular weight is 310 g/mol. The van der Waals surface area contributed by atoms with Crippen LogP contribution >= 0.6 is 31.9 Å². The van der Waals surface area contributed by atoms with E-state index in [0.29, 0.717) is 4.47 Å². The monoisotopic (exact) mass is 308 g/mol. The molecule has 5 heteroatoms. The van der Waals surface area contributed by atoms with Crippen LogP contribution in [0.25, 0.3) is 0 Å². The first-order valence-corrected chi connectivity index (χ1v) is 5.29. The van der Waals surface area contributed by atoms with Crippen molar-refractivity contribution < 1.29 is 5.11 Å². The number of aromatic hydroxyl groups is 1. The summed E-state index contributed by atoms with van der Waals surface area (Å²) >= 11 is 6.58. The molecule has 0 aliphatic heterocycles. The number of hydrogen-bond acceptors (Lipinski definition) is 3. The molecule has 0 bridgehead atoms. The van der Waals surface area contributed by atoms with Gasteiger partial charge in [-0.15, -0.1) is 0 Å². The van der Waals surface area contributed by atoms with Crippen molar-refractivity contribution in [2.24, 2.45) is 5.84 Å². The Morgan fingerprint density at radius 1 is 1.46 bits per heavy atom. The van der Waals surface area contributed by atoms with E-state index in [-0.39, 0.29) is 11.8 Å². The molecule has 0 aliphatic rings. The highest BCUT2D eigenvalue weighted by Crippen LogP contribution is 2.34. The van der Waals surface area contributed by atoms with Crippen molar-refractivity contribution in [3.05, 3.63) is 26.6 Å². The van der Waals surface area contributed by atoms with Crippen LogP contribution in [0.15, 0.2) is 21.1 Å². The van der Waals surface area contributed by atoms with E-state index in [1.165, 1.54) is 0 Å². The molecule has 1 atom stereocenters. The molecule has 0 heterocycles. The number of hydrazine groups is 1. The van der Waals surface area contributed by atoms with Crippen LogP contribution in [-0.4, -0.2) is 5.11 Å². The van der Waals surface area contributed by atoms with Crippen molar-refractivity contribution >= 4 is 31.9 Å². The summed E-state index contributed by atoms with van der Waals surface area (Å²) in [6.45, 7) is 1.87. The third-order valence-electron chi connectivity index (χ3n) is 1.77. The fourth-order valence-corrected chi connectivity index (χ4v) is 2.26. The van der Waals surface area contributed by atoms with Gasteiger partial charge in [0.25, 0.3) is 0 Å². The first-order valence-electron chi connectivity index (χ1n) is 3.70. The zero-order valence-electron chi connectivity index (χ0n) is 7.01. The number of nitrogens with two attached hydrogens (primary N) is 1. The number of phenolic OH excluding ortho intramolecular Hbond substituents is 1. The number of rotatable bonds is 2. The molecule has 4 N–H and O–H groups in total. The Morgan fingerprint density at radius 3 is 2.62 bits per heavy atom. The van der Waals surface area contributed by atoms with E-state index in [1.54, 1.807) is 6.07 Å². The summed E-state index contributed by atoms with van der Waals surface area (Å²) in [5.74, 6) is 5.50. The first kappa shape index (κ1) is 11.0. The fourth-order valence-electron chi connectivity index (χ4n) is 1.01. The highest BCUT2D eigenvalue weighted by atomic mass is 79.9. The van der Waals surface area contributed by atoms with Crippen LogP contribution in [0.3, 0.4) is 0 Å². The van der Waals surface area contributed by atoms with Gasteiger partial charge in [0.15, 0.2) is 0 Å². The Balaban J connectivity index is 3.20. The van der Waals surface area contributed by atoms with Crippen LogP contribution in [0.5, 0.6) is 5.75 Å². The van der Waals surface area contributed by atoms with E-state index in [9.17, 15) is 5.11 Å². The minimum absolute atomic E-state index is 0.0891. The van der Waals surface area contributed by atoms with E-state index >= 15 is 0 Å². The van der Waals surface area contributed by atoms with Gasteiger partial charge in [-0.3, -0.25) is 11.3 Å². The van der Waals surface area contributed by atoms with Crippen LogP contribution < -0.4 is 11.3 Å². The molecule has 1 aromatic rings. The highest BCUT2D eigenvalue weighted by molar-refractivity contribution is 9.11. The molecule has 1 rings (SSSR count). The molecule has 0 aromatic heterocycles. The molecular formula is C8H10Br2N2O. The van der Waals surface area contributed by atoms with Crippen molar-refractivity contribution in [2.75, 3.05) is 0 Å². The summed E-state index contributed by atoms with van der Waals surface area (Å²) < 4.78 is 1.55. The van der Waals surface area contributed by atoms with Crippen LogP contribution in [0.2, 0.25) is 0 Å². The molecular weight excluding hydrogens is 300 g/mol. The van der Waals surface area contributed by atoms with Crippen LogP contribution in [0.4, 0.5) is 0 Å². The molecule has 3 nitrogen and oxygen atoms in total. The number of nitrogens with one attached hydrogen (secondary N) is 1. The Labute approximate surface area is 93.6 Å². The normalized spacial score (nSPS) is 12.9. The van der Waals surface area contributed by atoms with Crippen molar-refractivity contribution in [1.29, 1.82) is 0 Å². The van der Waals surface area contributed by atoms with Gasteiger partial charge in [0, 0.05) is 16.1 Å². The molecule has 0 spiro atoms. The van der Waals surface area contributed by atoms with Gasteiger partial charge < -0.3 is 5.11 Å². The van der Waals surface area contributed by atoms with Crippen LogP contribution in [-0.2, 0) is 0 Å². The minimum atomic E-state index is -0.0891. The molecule has 1 aromatic carbocycles. The van der Waals surface area contributed by atoms with E-state index in [2.05, 4.69) is 37.3 Å². The lowest BCUT2D eigenvalue weighted by Crippen LogP contribution is -2.25. The molecule has 13 heavy (non-hydrogen) atoms. The van der Waals surface area contributed by atoms with E-state index in [0.717, 1.165) is 10.0 Å². The summed E-state index contributed by atoms with van der Waals surface area (Å²) in [6, 6.07) is 3.51. The van der Waals surface area contributed by atoms with Crippen molar-refractivity contribution in [1.82, 2.24) is 5.43 Å². The zero-order valence-corrected chi connectivity index (χ0v) is 10.2. The number of benzene rings is 1. The van der Waals surface area contributed by atoms with Crippen molar-refractivity contribution in [2.45, 2.75) is 13.0 Å². The first-order chi connectivity index (χ1) is 6.06. The minimum Gasteiger partial charge on any atom is -0.506 e. The largest absolute Gasteiger partial charge is 0.506 e. The molecule has 0 saturated carbocycles. The maximum absolute atomic E-state index is 9.66. The summed E-state index contributed by atoms with van der Waals surface area (Å²) in [6.07, 6.45) is 0. The SMILES string of the molecule is C[C@H](NN)c1cc(Br)cc(Br)c1O. The third-order valence-corrected chi connectivity index (χ3v) is 2.84. The van der Waals surface area contributed by atoms with Crippen LogP contribution in [0, 0.1) is 0 Å². The van der Waals surface area contributed by atoms with Gasteiger partial charge in [-0.25, -0.2) is 0 Å². The Morgan fingerprint density at radius 2 is 2.08 bits per heavy atom. The van der Waals surface area contributed by atoms with Gasteiger partial charge in [-0.05, 0) is 35.0 Å². The third kappa shape index (κ3) is 2.43. The topological polar surface area (TPSA) is 58.3 Å². The molecule has 0 unspecified atom stereocenters. The van der Waals surface area contributed by atoms with Gasteiger partial charge in [0.2, 0.25) is 0 Å². The van der Waals surface area contributed by atoms with Crippen molar-refractivity contribution in [3.8, 4) is 5.75 Å². The highest BCUT2D eigenvalue weighted by Gasteiger charge is 2.12. The molecule has 0 radical (unpaired) electrons. The lowest BCUT2D eigenvalue weighted by atomic mass is 10.1. The lowest BCUT2D eigenvalue weighted by molar-refractivity contribution is 0.451. The summed E-state index contributed by atoms with van der Waals surface area (Å²) in [4.78, 5) is 0. The van der Waals surface area contributed by atoms with E-state index in [1.807, 2.05) is 13.0 Å². The Bertz CT molecular complexity index is 317. The fraction of sp³-hybridized carbons (Fsp3) is 0.250. The van der Waals surface area contributed by atoms with Gasteiger partial charge in [0.05, 0.1) is 4.47 Å². The predicted molar refractivity (Wildman–Crippen MR) is 59.2 cm³/mol. The number of phenols is 1.